The Bertz CT molecular complexity index is 762. The van der Waals surface area contributed by atoms with Crippen LogP contribution in [-0.4, -0.2) is 37.0 Å². The second kappa shape index (κ2) is 7.80. The number of benzene rings is 1. The van der Waals surface area contributed by atoms with Crippen molar-refractivity contribution < 1.29 is 18.0 Å². The lowest BCUT2D eigenvalue weighted by Crippen LogP contribution is -2.33. The number of amides is 1. The highest BCUT2D eigenvalue weighted by atomic mass is 32.1. The zero-order valence-corrected chi connectivity index (χ0v) is 15.3. The number of carbonyl (C=O) groups excluding carboxylic acids is 1. The van der Waals surface area contributed by atoms with Gasteiger partial charge in [-0.2, -0.15) is 13.2 Å². The van der Waals surface area contributed by atoms with E-state index in [1.165, 1.54) is 36.3 Å². The van der Waals surface area contributed by atoms with Crippen LogP contribution in [0, 0.1) is 6.92 Å². The summed E-state index contributed by atoms with van der Waals surface area (Å²) in [6, 6.07) is 6.88. The van der Waals surface area contributed by atoms with Crippen molar-refractivity contribution in [3.8, 4) is 10.4 Å². The Morgan fingerprint density at radius 3 is 2.46 bits per heavy atom. The fourth-order valence-electron chi connectivity index (χ4n) is 3.09. The monoisotopic (exact) mass is 382 g/mol. The van der Waals surface area contributed by atoms with Gasteiger partial charge in [-0.3, -0.25) is 4.79 Å². The highest BCUT2D eigenvalue weighted by molar-refractivity contribution is 7.17. The molecule has 1 aromatic carbocycles. The molecule has 0 bridgehead atoms. The summed E-state index contributed by atoms with van der Waals surface area (Å²) in [5.74, 6) is -0.121. The van der Waals surface area contributed by atoms with Crippen LogP contribution in [-0.2, 0) is 6.18 Å². The lowest BCUT2D eigenvalue weighted by atomic mass is 10.1. The number of nitrogens with zero attached hydrogens (tertiary/aromatic N) is 1. The molecule has 7 heteroatoms. The number of halogens is 3. The van der Waals surface area contributed by atoms with Crippen molar-refractivity contribution in [1.82, 2.24) is 10.2 Å². The Kier molecular flexibility index (Phi) is 5.67. The third-order valence-corrected chi connectivity index (χ3v) is 5.82. The summed E-state index contributed by atoms with van der Waals surface area (Å²) < 4.78 is 38.0. The molecule has 1 aliphatic heterocycles. The molecule has 1 fully saturated rings. The first-order valence-electron chi connectivity index (χ1n) is 8.63. The van der Waals surface area contributed by atoms with E-state index in [0.717, 1.165) is 42.2 Å². The summed E-state index contributed by atoms with van der Waals surface area (Å²) in [4.78, 5) is 16.1. The van der Waals surface area contributed by atoms with E-state index in [1.54, 1.807) is 0 Å². The summed E-state index contributed by atoms with van der Waals surface area (Å²) in [7, 11) is 0. The molecule has 1 amide bonds. The zero-order valence-electron chi connectivity index (χ0n) is 14.5. The molecule has 2 aromatic rings. The van der Waals surface area contributed by atoms with Crippen LogP contribution < -0.4 is 5.32 Å². The van der Waals surface area contributed by atoms with E-state index in [-0.39, 0.29) is 5.91 Å². The number of nitrogens with one attached hydrogen (secondary N) is 1. The minimum Gasteiger partial charge on any atom is -0.350 e. The molecule has 140 valence electrons. The molecule has 0 aliphatic carbocycles. The average molecular weight is 382 g/mol. The van der Waals surface area contributed by atoms with Gasteiger partial charge in [0.2, 0.25) is 0 Å². The molecular weight excluding hydrogens is 361 g/mol. The van der Waals surface area contributed by atoms with E-state index in [9.17, 15) is 18.0 Å². The van der Waals surface area contributed by atoms with E-state index < -0.39 is 11.7 Å². The number of carbonyl (C=O) groups is 1. The summed E-state index contributed by atoms with van der Waals surface area (Å²) >= 11 is 1.31. The van der Waals surface area contributed by atoms with Crippen LogP contribution in [0.1, 0.15) is 33.6 Å². The van der Waals surface area contributed by atoms with Gasteiger partial charge in [0.15, 0.2) is 0 Å². The number of hydrogen-bond donors (Lipinski definition) is 1. The van der Waals surface area contributed by atoms with Crippen molar-refractivity contribution in [2.24, 2.45) is 0 Å². The van der Waals surface area contributed by atoms with E-state index in [1.807, 2.05) is 13.0 Å². The largest absolute Gasteiger partial charge is 0.416 e. The Hall–Kier alpha value is -1.86. The van der Waals surface area contributed by atoms with Crippen molar-refractivity contribution in [2.45, 2.75) is 25.9 Å². The highest BCUT2D eigenvalue weighted by Gasteiger charge is 2.30. The van der Waals surface area contributed by atoms with Gasteiger partial charge in [-0.25, -0.2) is 0 Å². The van der Waals surface area contributed by atoms with Gasteiger partial charge < -0.3 is 10.2 Å². The first kappa shape index (κ1) is 18.9. The Morgan fingerprint density at radius 1 is 1.19 bits per heavy atom. The van der Waals surface area contributed by atoms with E-state index in [2.05, 4.69) is 10.2 Å². The fourth-order valence-corrected chi connectivity index (χ4v) is 4.18. The van der Waals surface area contributed by atoms with Crippen LogP contribution in [0.25, 0.3) is 10.4 Å². The van der Waals surface area contributed by atoms with Gasteiger partial charge in [0.25, 0.3) is 5.91 Å². The molecule has 3 nitrogen and oxygen atoms in total. The third-order valence-electron chi connectivity index (χ3n) is 4.53. The molecule has 2 heterocycles. The number of likely N-dealkylation sites (tertiary alicyclic amines) is 1. The number of hydrogen-bond acceptors (Lipinski definition) is 3. The van der Waals surface area contributed by atoms with Gasteiger partial charge in [0.05, 0.1) is 10.4 Å². The van der Waals surface area contributed by atoms with Gasteiger partial charge in [0, 0.05) is 18.0 Å². The van der Waals surface area contributed by atoms with Gasteiger partial charge in [-0.1, -0.05) is 12.1 Å². The molecule has 0 unspecified atom stereocenters. The maximum atomic E-state index is 12.7. The topological polar surface area (TPSA) is 32.3 Å². The molecule has 1 aromatic heterocycles. The molecule has 3 rings (SSSR count). The SMILES string of the molecule is Cc1cc(-c2ccc(C(F)(F)F)cc2)sc1C(=O)NCCN1CCCC1. The van der Waals surface area contributed by atoms with Crippen LogP contribution in [0.2, 0.25) is 0 Å². The maximum absolute atomic E-state index is 12.7. The highest BCUT2D eigenvalue weighted by Crippen LogP contribution is 2.34. The van der Waals surface area contributed by atoms with Gasteiger partial charge >= 0.3 is 6.18 Å². The van der Waals surface area contributed by atoms with E-state index in [0.29, 0.717) is 17.0 Å². The number of rotatable bonds is 5. The Balaban J connectivity index is 1.65. The van der Waals surface area contributed by atoms with Crippen LogP contribution in [0.4, 0.5) is 13.2 Å². The van der Waals surface area contributed by atoms with Crippen molar-refractivity contribution in [3.05, 3.63) is 46.3 Å². The Labute approximate surface area is 154 Å². The minimum atomic E-state index is -4.34. The molecule has 1 aliphatic rings. The van der Waals surface area contributed by atoms with Crippen molar-refractivity contribution in [2.75, 3.05) is 26.2 Å². The van der Waals surface area contributed by atoms with Crippen molar-refractivity contribution in [3.63, 3.8) is 0 Å². The first-order valence-corrected chi connectivity index (χ1v) is 9.45. The predicted octanol–water partition coefficient (Wildman–Crippen LogP) is 4.57. The van der Waals surface area contributed by atoms with Crippen molar-refractivity contribution in [1.29, 1.82) is 0 Å². The first-order chi connectivity index (χ1) is 12.3. The van der Waals surface area contributed by atoms with Crippen molar-refractivity contribution >= 4 is 17.2 Å². The quantitative estimate of drug-likeness (QED) is 0.822. The lowest BCUT2D eigenvalue weighted by Gasteiger charge is -2.14. The smallest absolute Gasteiger partial charge is 0.350 e. The second-order valence-corrected chi connectivity index (χ2v) is 7.55. The summed E-state index contributed by atoms with van der Waals surface area (Å²) in [6.07, 6.45) is -1.91. The van der Waals surface area contributed by atoms with E-state index >= 15 is 0 Å². The van der Waals surface area contributed by atoms with Gasteiger partial charge in [-0.15, -0.1) is 11.3 Å². The molecule has 0 spiro atoms. The van der Waals surface area contributed by atoms with Crippen LogP contribution in [0.3, 0.4) is 0 Å². The Morgan fingerprint density at radius 2 is 1.85 bits per heavy atom. The molecule has 1 saturated heterocycles. The fraction of sp³-hybridized carbons (Fsp3) is 0.421. The summed E-state index contributed by atoms with van der Waals surface area (Å²) in [5.41, 5.74) is 0.847. The minimum absolute atomic E-state index is 0.121. The lowest BCUT2D eigenvalue weighted by molar-refractivity contribution is -0.137. The average Bonchev–Trinajstić information content (AvgIpc) is 3.24. The van der Waals surface area contributed by atoms with Crippen LogP contribution >= 0.6 is 11.3 Å². The molecular formula is C19H21F3N2OS. The number of alkyl halides is 3. The zero-order chi connectivity index (χ0) is 18.7. The molecule has 0 atom stereocenters. The van der Waals surface area contributed by atoms with Gasteiger partial charge in [-0.05, 0) is 62.2 Å². The number of thiophene rings is 1. The van der Waals surface area contributed by atoms with Crippen LogP contribution in [0.5, 0.6) is 0 Å². The molecule has 0 radical (unpaired) electrons. The second-order valence-electron chi connectivity index (χ2n) is 6.50. The molecule has 26 heavy (non-hydrogen) atoms. The maximum Gasteiger partial charge on any atom is 0.416 e. The predicted molar refractivity (Wildman–Crippen MR) is 97.5 cm³/mol. The normalized spacial score (nSPS) is 15.4. The molecule has 0 saturated carbocycles. The summed E-state index contributed by atoms with van der Waals surface area (Å²) in [6.45, 7) is 5.48. The van der Waals surface area contributed by atoms with E-state index in [4.69, 9.17) is 0 Å². The number of aryl methyl sites for hydroxylation is 1. The standard InChI is InChI=1S/C19H21F3N2OS/c1-13-12-16(14-4-6-15(7-5-14)19(20,21)22)26-17(13)18(25)23-8-11-24-9-2-3-10-24/h4-7,12H,2-3,8-11H2,1H3,(H,23,25). The molecule has 1 N–H and O–H groups in total. The van der Waals surface area contributed by atoms with Gasteiger partial charge in [0.1, 0.15) is 0 Å². The van der Waals surface area contributed by atoms with Crippen LogP contribution in [0.15, 0.2) is 30.3 Å². The summed E-state index contributed by atoms with van der Waals surface area (Å²) in [5, 5.41) is 2.94. The third kappa shape index (κ3) is 4.45.